The zero-order chi connectivity index (χ0) is 18.1. The second-order valence-corrected chi connectivity index (χ2v) is 9.39. The summed E-state index contributed by atoms with van der Waals surface area (Å²) in [4.78, 5) is 29.8. The van der Waals surface area contributed by atoms with Crippen LogP contribution in [-0.4, -0.2) is 29.8 Å². The second kappa shape index (κ2) is 7.53. The Bertz CT molecular complexity index is 804. The maximum Gasteiger partial charge on any atom is 0.266 e. The molecule has 6 heteroatoms. The first-order valence-corrected chi connectivity index (χ1v) is 11.1. The molecule has 4 nitrogen and oxygen atoms in total. The summed E-state index contributed by atoms with van der Waals surface area (Å²) >= 11 is 3.03. The summed E-state index contributed by atoms with van der Waals surface area (Å²) in [6.07, 6.45) is 6.41. The maximum absolute atomic E-state index is 13.3. The van der Waals surface area contributed by atoms with E-state index >= 15 is 0 Å². The number of thiophene rings is 2. The topological polar surface area (TPSA) is 49.4 Å². The van der Waals surface area contributed by atoms with Crippen molar-refractivity contribution in [3.05, 3.63) is 38.4 Å². The Hall–Kier alpha value is -1.66. The number of nitrogens with one attached hydrogen (secondary N) is 1. The summed E-state index contributed by atoms with van der Waals surface area (Å²) in [5.74, 6) is 0.637. The van der Waals surface area contributed by atoms with E-state index in [0.717, 1.165) is 55.8 Å². The highest BCUT2D eigenvalue weighted by molar-refractivity contribution is 7.17. The van der Waals surface area contributed by atoms with Gasteiger partial charge in [0.25, 0.3) is 11.8 Å². The summed E-state index contributed by atoms with van der Waals surface area (Å²) in [5.41, 5.74) is 1.95. The standard InChI is InChI=1S/C20H24N2O2S2/c1-13-7-8-14-16(12-13)26-19(21-18(23)15-6-5-11-25-15)17(14)20(24)22-9-3-2-4-10-22/h5-6,11,13H,2-4,7-10,12H2,1H3,(H,21,23)/t13-/m1/s1. The Labute approximate surface area is 162 Å². The molecule has 1 N–H and O–H groups in total. The molecule has 2 amide bonds. The van der Waals surface area contributed by atoms with Crippen molar-refractivity contribution in [1.82, 2.24) is 4.90 Å². The molecule has 1 aliphatic carbocycles. The van der Waals surface area contributed by atoms with Crippen LogP contribution in [0.5, 0.6) is 0 Å². The average Bonchev–Trinajstić information content (AvgIpc) is 3.29. The van der Waals surface area contributed by atoms with E-state index in [-0.39, 0.29) is 11.8 Å². The van der Waals surface area contributed by atoms with Crippen molar-refractivity contribution in [2.45, 2.75) is 45.4 Å². The van der Waals surface area contributed by atoms with Crippen LogP contribution in [0.1, 0.15) is 63.1 Å². The van der Waals surface area contributed by atoms with Gasteiger partial charge in [-0.2, -0.15) is 0 Å². The second-order valence-electron chi connectivity index (χ2n) is 7.34. The van der Waals surface area contributed by atoms with E-state index in [2.05, 4.69) is 12.2 Å². The van der Waals surface area contributed by atoms with Gasteiger partial charge in [0.05, 0.1) is 10.4 Å². The van der Waals surface area contributed by atoms with Gasteiger partial charge in [-0.25, -0.2) is 0 Å². The lowest BCUT2D eigenvalue weighted by Gasteiger charge is -2.28. The lowest BCUT2D eigenvalue weighted by molar-refractivity contribution is 0.0724. The number of nitrogens with zero attached hydrogens (tertiary/aromatic N) is 1. The van der Waals surface area contributed by atoms with E-state index in [0.29, 0.717) is 10.8 Å². The van der Waals surface area contributed by atoms with Gasteiger partial charge in [0.2, 0.25) is 0 Å². The molecule has 1 saturated heterocycles. The van der Waals surface area contributed by atoms with Gasteiger partial charge in [0, 0.05) is 18.0 Å². The number of piperidine rings is 1. The number of hydrogen-bond acceptors (Lipinski definition) is 4. The number of hydrogen-bond donors (Lipinski definition) is 1. The molecule has 2 aromatic rings. The van der Waals surface area contributed by atoms with Crippen molar-refractivity contribution in [2.75, 3.05) is 18.4 Å². The van der Waals surface area contributed by atoms with Crippen molar-refractivity contribution in [1.29, 1.82) is 0 Å². The highest BCUT2D eigenvalue weighted by Gasteiger charge is 2.31. The lowest BCUT2D eigenvalue weighted by atomic mass is 9.88. The van der Waals surface area contributed by atoms with Gasteiger partial charge in [-0.15, -0.1) is 22.7 Å². The summed E-state index contributed by atoms with van der Waals surface area (Å²) in [6, 6.07) is 3.70. The number of likely N-dealkylation sites (tertiary alicyclic amines) is 1. The third-order valence-corrected chi connectivity index (χ3v) is 7.38. The van der Waals surface area contributed by atoms with Crippen molar-refractivity contribution in [2.24, 2.45) is 5.92 Å². The molecular formula is C20H24N2O2S2. The molecule has 26 heavy (non-hydrogen) atoms. The molecule has 0 aromatic carbocycles. The number of anilines is 1. The Morgan fingerprint density at radius 1 is 1.23 bits per heavy atom. The van der Waals surface area contributed by atoms with Gasteiger partial charge in [-0.1, -0.05) is 13.0 Å². The number of carbonyl (C=O) groups is 2. The zero-order valence-electron chi connectivity index (χ0n) is 15.0. The minimum atomic E-state index is -0.112. The van der Waals surface area contributed by atoms with E-state index in [9.17, 15) is 9.59 Å². The van der Waals surface area contributed by atoms with Crippen LogP contribution in [0.3, 0.4) is 0 Å². The van der Waals surface area contributed by atoms with Gasteiger partial charge in [0.1, 0.15) is 5.00 Å². The van der Waals surface area contributed by atoms with Crippen LogP contribution in [0.15, 0.2) is 17.5 Å². The monoisotopic (exact) mass is 388 g/mol. The normalized spacial score (nSPS) is 19.9. The highest BCUT2D eigenvalue weighted by atomic mass is 32.1. The van der Waals surface area contributed by atoms with Crippen molar-refractivity contribution < 1.29 is 9.59 Å². The van der Waals surface area contributed by atoms with Crippen LogP contribution in [0.25, 0.3) is 0 Å². The smallest absolute Gasteiger partial charge is 0.266 e. The summed E-state index contributed by atoms with van der Waals surface area (Å²) in [7, 11) is 0. The third-order valence-electron chi connectivity index (χ3n) is 5.34. The van der Waals surface area contributed by atoms with Gasteiger partial charge < -0.3 is 10.2 Å². The predicted octanol–water partition coefficient (Wildman–Crippen LogP) is 4.81. The third kappa shape index (κ3) is 3.45. The van der Waals surface area contributed by atoms with Crippen LogP contribution in [-0.2, 0) is 12.8 Å². The SMILES string of the molecule is C[C@@H]1CCc2c(sc(NC(=O)c3cccs3)c2C(=O)N2CCCCC2)C1. The van der Waals surface area contributed by atoms with Crippen LogP contribution < -0.4 is 5.32 Å². The Morgan fingerprint density at radius 2 is 2.04 bits per heavy atom. The molecule has 0 spiro atoms. The van der Waals surface area contributed by atoms with Crippen molar-refractivity contribution >= 4 is 39.5 Å². The average molecular weight is 389 g/mol. The van der Waals surface area contributed by atoms with E-state index in [4.69, 9.17) is 0 Å². The van der Waals surface area contributed by atoms with E-state index in [1.807, 2.05) is 22.4 Å². The quantitative estimate of drug-likeness (QED) is 0.820. The first-order chi connectivity index (χ1) is 12.6. The summed E-state index contributed by atoms with van der Waals surface area (Å²) in [6.45, 7) is 3.93. The fourth-order valence-electron chi connectivity index (χ4n) is 3.89. The van der Waals surface area contributed by atoms with E-state index in [1.54, 1.807) is 11.3 Å². The summed E-state index contributed by atoms with van der Waals surface area (Å²) in [5, 5.41) is 5.69. The molecule has 2 aromatic heterocycles. The molecule has 0 saturated carbocycles. The molecule has 2 aliphatic rings. The predicted molar refractivity (Wildman–Crippen MR) is 108 cm³/mol. The Balaban J connectivity index is 1.68. The molecule has 1 aliphatic heterocycles. The first kappa shape index (κ1) is 17.7. The van der Waals surface area contributed by atoms with Crippen LogP contribution in [0, 0.1) is 5.92 Å². The minimum Gasteiger partial charge on any atom is -0.339 e. The van der Waals surface area contributed by atoms with Gasteiger partial charge >= 0.3 is 0 Å². The van der Waals surface area contributed by atoms with E-state index in [1.165, 1.54) is 28.2 Å². The molecule has 4 rings (SSSR count). The lowest BCUT2D eigenvalue weighted by Crippen LogP contribution is -2.36. The molecule has 1 atom stereocenters. The molecule has 0 bridgehead atoms. The largest absolute Gasteiger partial charge is 0.339 e. The highest BCUT2D eigenvalue weighted by Crippen LogP contribution is 2.40. The van der Waals surface area contributed by atoms with Crippen molar-refractivity contribution in [3.8, 4) is 0 Å². The van der Waals surface area contributed by atoms with Gasteiger partial charge in [0.15, 0.2) is 0 Å². The van der Waals surface area contributed by atoms with Crippen LogP contribution in [0.4, 0.5) is 5.00 Å². The molecule has 3 heterocycles. The molecule has 138 valence electrons. The zero-order valence-corrected chi connectivity index (χ0v) is 16.7. The fraction of sp³-hybridized carbons (Fsp3) is 0.500. The van der Waals surface area contributed by atoms with E-state index < -0.39 is 0 Å². The maximum atomic E-state index is 13.3. The summed E-state index contributed by atoms with van der Waals surface area (Å²) < 4.78 is 0. The Morgan fingerprint density at radius 3 is 2.77 bits per heavy atom. The van der Waals surface area contributed by atoms with Gasteiger partial charge in [-0.05, 0) is 61.5 Å². The van der Waals surface area contributed by atoms with Crippen LogP contribution >= 0.6 is 22.7 Å². The molecule has 0 radical (unpaired) electrons. The fourth-order valence-corrected chi connectivity index (χ4v) is 5.91. The van der Waals surface area contributed by atoms with Gasteiger partial charge in [-0.3, -0.25) is 9.59 Å². The number of rotatable bonds is 3. The Kier molecular flexibility index (Phi) is 5.14. The number of amides is 2. The van der Waals surface area contributed by atoms with Crippen molar-refractivity contribution in [3.63, 3.8) is 0 Å². The number of carbonyl (C=O) groups excluding carboxylic acids is 2. The number of fused-ring (bicyclic) bond motifs is 1. The van der Waals surface area contributed by atoms with Crippen LogP contribution in [0.2, 0.25) is 0 Å². The first-order valence-electron chi connectivity index (χ1n) is 9.42. The molecular weight excluding hydrogens is 364 g/mol. The minimum absolute atomic E-state index is 0.109. The molecule has 0 unspecified atom stereocenters. The molecule has 1 fully saturated rings.